The van der Waals surface area contributed by atoms with Crippen molar-refractivity contribution < 1.29 is 14.3 Å². The summed E-state index contributed by atoms with van der Waals surface area (Å²) in [5.74, 6) is -0.150. The molecule has 6 heteroatoms. The van der Waals surface area contributed by atoms with E-state index in [2.05, 4.69) is 10.3 Å². The summed E-state index contributed by atoms with van der Waals surface area (Å²) in [7, 11) is 0. The largest absolute Gasteiger partial charge is 0.378 e. The Morgan fingerprint density at radius 1 is 1.47 bits per heavy atom. The molecule has 1 aliphatic heterocycles. The molecule has 1 saturated heterocycles. The quantitative estimate of drug-likeness (QED) is 0.749. The van der Waals surface area contributed by atoms with Gasteiger partial charge in [-0.15, -0.1) is 0 Å². The maximum atomic E-state index is 12.0. The predicted octanol–water partition coefficient (Wildman–Crippen LogP) is 0.0331. The molecule has 1 fully saturated rings. The van der Waals surface area contributed by atoms with E-state index in [-0.39, 0.29) is 5.91 Å². The highest BCUT2D eigenvalue weighted by atomic mass is 16.5. The number of aromatic nitrogens is 1. The third kappa shape index (κ3) is 2.79. The maximum absolute atomic E-state index is 12.0. The minimum absolute atomic E-state index is 0.150. The van der Waals surface area contributed by atoms with Gasteiger partial charge in [0, 0.05) is 25.0 Å². The van der Waals surface area contributed by atoms with Gasteiger partial charge < -0.3 is 15.0 Å². The maximum Gasteiger partial charge on any atom is 0.314 e. The smallest absolute Gasteiger partial charge is 0.314 e. The number of anilines is 1. The van der Waals surface area contributed by atoms with Crippen molar-refractivity contribution >= 4 is 18.0 Å². The minimum Gasteiger partial charge on any atom is -0.378 e. The second-order valence-electron chi connectivity index (χ2n) is 3.56. The summed E-state index contributed by atoms with van der Waals surface area (Å²) in [5, 5.41) is 2.36. The van der Waals surface area contributed by atoms with Crippen molar-refractivity contribution in [3.63, 3.8) is 0 Å². The Bertz CT molecular complexity index is 416. The van der Waals surface area contributed by atoms with Gasteiger partial charge in [0.25, 0.3) is 5.91 Å². The Morgan fingerprint density at radius 2 is 2.24 bits per heavy atom. The number of carbonyl (C=O) groups is 1. The number of carbonyl (C=O) groups excluding carboxylic acids is 2. The highest BCUT2D eigenvalue weighted by Gasteiger charge is 2.19. The molecule has 1 aromatic heterocycles. The van der Waals surface area contributed by atoms with Crippen LogP contribution in [0.3, 0.4) is 0 Å². The zero-order chi connectivity index (χ0) is 12.1. The van der Waals surface area contributed by atoms with E-state index in [1.54, 1.807) is 17.4 Å². The van der Waals surface area contributed by atoms with Crippen LogP contribution >= 0.6 is 0 Å². The molecule has 2 rings (SSSR count). The molecule has 2 heterocycles. The lowest BCUT2D eigenvalue weighted by molar-refractivity contribution is 0.0299. The van der Waals surface area contributed by atoms with Gasteiger partial charge >= 0.3 is 6.41 Å². The molecule has 0 aromatic carbocycles. The Kier molecular flexibility index (Phi) is 3.66. The molecule has 1 N–H and O–H groups in total. The number of rotatable bonds is 3. The van der Waals surface area contributed by atoms with Crippen LogP contribution in [-0.4, -0.2) is 48.5 Å². The van der Waals surface area contributed by atoms with Gasteiger partial charge in [0.1, 0.15) is 5.69 Å². The Morgan fingerprint density at radius 3 is 2.94 bits per heavy atom. The van der Waals surface area contributed by atoms with Crippen LogP contribution in [0.5, 0.6) is 0 Å². The first-order chi connectivity index (χ1) is 8.31. The monoisotopic (exact) mass is 234 g/mol. The number of ether oxygens (including phenoxy) is 1. The molecule has 1 aromatic rings. The van der Waals surface area contributed by atoms with Crippen LogP contribution in [0, 0.1) is 0 Å². The van der Waals surface area contributed by atoms with Crippen molar-refractivity contribution in [3.8, 4) is 0 Å². The summed E-state index contributed by atoms with van der Waals surface area (Å²) in [6, 6.07) is 3.13. The zero-order valence-electron chi connectivity index (χ0n) is 9.18. The molecule has 0 atom stereocenters. The molecule has 17 heavy (non-hydrogen) atoms. The van der Waals surface area contributed by atoms with Crippen molar-refractivity contribution in [3.05, 3.63) is 24.0 Å². The summed E-state index contributed by atoms with van der Waals surface area (Å²) >= 11 is 0. The van der Waals surface area contributed by atoms with E-state index in [4.69, 9.17) is 4.74 Å². The number of hydrogen-bond acceptors (Lipinski definition) is 4. The average molecular weight is 234 g/mol. The van der Waals surface area contributed by atoms with Gasteiger partial charge in [0.15, 0.2) is 0 Å². The molecule has 1 radical (unpaired) electrons. The molecule has 0 aliphatic carbocycles. The second kappa shape index (κ2) is 5.40. The fourth-order valence-corrected chi connectivity index (χ4v) is 1.61. The number of amides is 2. The van der Waals surface area contributed by atoms with Gasteiger partial charge in [0.05, 0.1) is 13.2 Å². The van der Waals surface area contributed by atoms with Crippen LogP contribution in [0.2, 0.25) is 0 Å². The van der Waals surface area contributed by atoms with Crippen LogP contribution in [0.15, 0.2) is 18.3 Å². The lowest BCUT2D eigenvalue weighted by Gasteiger charge is -2.26. The SMILES string of the molecule is O=[C]Nc1ccnc(C(=O)N2CCOCC2)c1. The van der Waals surface area contributed by atoms with Crippen molar-refractivity contribution in [1.82, 2.24) is 9.88 Å². The van der Waals surface area contributed by atoms with E-state index < -0.39 is 0 Å². The number of nitrogens with zero attached hydrogens (tertiary/aromatic N) is 2. The third-order valence-electron chi connectivity index (χ3n) is 2.47. The summed E-state index contributed by atoms with van der Waals surface area (Å²) in [6.45, 7) is 2.23. The molecular weight excluding hydrogens is 222 g/mol. The van der Waals surface area contributed by atoms with Gasteiger partial charge in [-0.05, 0) is 12.1 Å². The highest BCUT2D eigenvalue weighted by molar-refractivity contribution is 5.93. The van der Waals surface area contributed by atoms with E-state index in [9.17, 15) is 9.59 Å². The Hall–Kier alpha value is -1.95. The summed E-state index contributed by atoms with van der Waals surface area (Å²) < 4.78 is 5.17. The number of morpholine rings is 1. The Labute approximate surface area is 98.6 Å². The highest BCUT2D eigenvalue weighted by Crippen LogP contribution is 2.10. The summed E-state index contributed by atoms with van der Waals surface area (Å²) in [5.41, 5.74) is 0.818. The van der Waals surface area contributed by atoms with E-state index in [0.29, 0.717) is 37.7 Å². The second-order valence-corrected chi connectivity index (χ2v) is 3.56. The molecule has 0 spiro atoms. The fourth-order valence-electron chi connectivity index (χ4n) is 1.61. The molecule has 6 nitrogen and oxygen atoms in total. The van der Waals surface area contributed by atoms with Gasteiger partial charge in [-0.25, -0.2) is 0 Å². The molecule has 1 aliphatic rings. The van der Waals surface area contributed by atoms with Crippen molar-refractivity contribution in [1.29, 1.82) is 0 Å². The van der Waals surface area contributed by atoms with Gasteiger partial charge in [0.2, 0.25) is 0 Å². The average Bonchev–Trinajstić information content (AvgIpc) is 2.40. The van der Waals surface area contributed by atoms with E-state index in [1.165, 1.54) is 12.3 Å². The standard InChI is InChI=1S/C11H12N3O3/c15-8-13-9-1-2-12-10(7-9)11(16)14-3-5-17-6-4-14/h1-2,7H,3-6H2,(H,12,13,15). The molecule has 0 unspecified atom stereocenters. The molecule has 89 valence electrons. The van der Waals surface area contributed by atoms with Crippen LogP contribution < -0.4 is 5.32 Å². The topological polar surface area (TPSA) is 71.5 Å². The summed E-state index contributed by atoms with van der Waals surface area (Å²) in [6.07, 6.45) is 3.04. The predicted molar refractivity (Wildman–Crippen MR) is 60.3 cm³/mol. The van der Waals surface area contributed by atoms with E-state index in [1.807, 2.05) is 0 Å². The first kappa shape index (κ1) is 11.5. The van der Waals surface area contributed by atoms with Crippen LogP contribution in [0.4, 0.5) is 5.69 Å². The molecule has 0 saturated carbocycles. The van der Waals surface area contributed by atoms with Crippen LogP contribution in [-0.2, 0) is 9.53 Å². The molecule has 2 amide bonds. The Balaban J connectivity index is 2.12. The normalized spacial score (nSPS) is 15.4. The summed E-state index contributed by atoms with van der Waals surface area (Å²) in [4.78, 5) is 27.9. The lowest BCUT2D eigenvalue weighted by Crippen LogP contribution is -2.41. The van der Waals surface area contributed by atoms with Crippen LogP contribution in [0.1, 0.15) is 10.5 Å². The van der Waals surface area contributed by atoms with Crippen LogP contribution in [0.25, 0.3) is 0 Å². The molecule has 0 bridgehead atoms. The van der Waals surface area contributed by atoms with Gasteiger partial charge in [-0.1, -0.05) is 0 Å². The number of nitrogens with one attached hydrogen (secondary N) is 1. The van der Waals surface area contributed by atoms with Gasteiger partial charge in [-0.2, -0.15) is 0 Å². The van der Waals surface area contributed by atoms with E-state index in [0.717, 1.165) is 0 Å². The van der Waals surface area contributed by atoms with E-state index >= 15 is 0 Å². The molecular formula is C11H12N3O3. The van der Waals surface area contributed by atoms with Crippen molar-refractivity contribution in [2.24, 2.45) is 0 Å². The fraction of sp³-hybridized carbons (Fsp3) is 0.364. The first-order valence-electron chi connectivity index (χ1n) is 5.27. The van der Waals surface area contributed by atoms with Gasteiger partial charge in [-0.3, -0.25) is 14.6 Å². The number of hydrogen-bond donors (Lipinski definition) is 1. The zero-order valence-corrected chi connectivity index (χ0v) is 9.18. The first-order valence-corrected chi connectivity index (χ1v) is 5.27. The lowest BCUT2D eigenvalue weighted by atomic mass is 10.2. The number of pyridine rings is 1. The van der Waals surface area contributed by atoms with Crippen molar-refractivity contribution in [2.45, 2.75) is 0 Å². The van der Waals surface area contributed by atoms with Crippen molar-refractivity contribution in [2.75, 3.05) is 31.6 Å². The third-order valence-corrected chi connectivity index (χ3v) is 2.47. The minimum atomic E-state index is -0.150.